The zero-order chi connectivity index (χ0) is 17.4. The lowest BCUT2D eigenvalue weighted by Crippen LogP contribution is -2.38. The van der Waals surface area contributed by atoms with Gasteiger partial charge in [-0.1, -0.05) is 6.08 Å². The zero-order valence-electron chi connectivity index (χ0n) is 14.5. The Morgan fingerprint density at radius 1 is 1.29 bits per heavy atom. The van der Waals surface area contributed by atoms with E-state index in [0.29, 0.717) is 32.0 Å². The summed E-state index contributed by atoms with van der Waals surface area (Å²) >= 11 is 0. The van der Waals surface area contributed by atoms with E-state index in [1.165, 1.54) is 0 Å². The number of rotatable bonds is 9. The molecule has 0 saturated carbocycles. The van der Waals surface area contributed by atoms with Crippen molar-refractivity contribution in [3.8, 4) is 0 Å². The quantitative estimate of drug-likeness (QED) is 0.668. The van der Waals surface area contributed by atoms with Gasteiger partial charge in [-0.15, -0.1) is 0 Å². The van der Waals surface area contributed by atoms with Crippen LogP contribution in [0.2, 0.25) is 0 Å². The summed E-state index contributed by atoms with van der Waals surface area (Å²) in [6.07, 6.45) is 4.17. The lowest BCUT2D eigenvalue weighted by Gasteiger charge is -2.32. The second-order valence-corrected chi connectivity index (χ2v) is 6.17. The minimum atomic E-state index is -0.996. The van der Waals surface area contributed by atoms with Crippen LogP contribution in [0.4, 0.5) is 0 Å². The van der Waals surface area contributed by atoms with E-state index in [1.807, 2.05) is 6.08 Å². The average molecular weight is 341 g/mol. The van der Waals surface area contributed by atoms with Gasteiger partial charge in [-0.3, -0.25) is 4.90 Å². The van der Waals surface area contributed by atoms with E-state index >= 15 is 0 Å². The molecule has 0 aromatic rings. The van der Waals surface area contributed by atoms with E-state index in [4.69, 9.17) is 18.9 Å². The molecule has 0 bridgehead atoms. The van der Waals surface area contributed by atoms with Crippen LogP contribution in [0.1, 0.15) is 6.42 Å². The van der Waals surface area contributed by atoms with Crippen molar-refractivity contribution in [1.82, 2.24) is 4.90 Å². The van der Waals surface area contributed by atoms with Crippen molar-refractivity contribution in [2.45, 2.75) is 6.42 Å². The number of carboxylic acids is 1. The normalized spacial score (nSPS) is 21.1. The summed E-state index contributed by atoms with van der Waals surface area (Å²) < 4.78 is 21.6. The molecule has 0 unspecified atom stereocenters. The van der Waals surface area contributed by atoms with Gasteiger partial charge < -0.3 is 24.1 Å². The molecule has 1 aliphatic heterocycles. The highest BCUT2D eigenvalue weighted by atomic mass is 16.5. The van der Waals surface area contributed by atoms with Gasteiger partial charge in [-0.2, -0.15) is 0 Å². The number of hydrogen-bond donors (Lipinski definition) is 1. The van der Waals surface area contributed by atoms with E-state index in [9.17, 15) is 9.90 Å². The van der Waals surface area contributed by atoms with Gasteiger partial charge in [0.1, 0.15) is 12.4 Å². The highest BCUT2D eigenvalue weighted by Crippen LogP contribution is 2.34. The number of aliphatic carboxylic acids is 1. The summed E-state index contributed by atoms with van der Waals surface area (Å²) in [6.45, 7) is 5.25. The standard InChI is InChI=1S/C17H27NO6/c1-21-12-17(13-22-2)4-3-15(14(11-17)16(19)20)24-10-7-18-5-8-23-9-6-18/h3,11H,4-10,12-13H2,1-2H3,(H,19,20). The Kier molecular flexibility index (Phi) is 7.23. The molecule has 2 aliphatic rings. The Balaban J connectivity index is 1.97. The molecule has 1 heterocycles. The van der Waals surface area contributed by atoms with Gasteiger partial charge in [-0.25, -0.2) is 4.79 Å². The highest BCUT2D eigenvalue weighted by molar-refractivity contribution is 5.91. The molecule has 7 heteroatoms. The van der Waals surface area contributed by atoms with Gasteiger partial charge in [-0.05, 0) is 12.5 Å². The van der Waals surface area contributed by atoms with Crippen molar-refractivity contribution in [1.29, 1.82) is 0 Å². The fourth-order valence-corrected chi connectivity index (χ4v) is 3.07. The lowest BCUT2D eigenvalue weighted by atomic mass is 9.80. The molecule has 0 amide bonds. The van der Waals surface area contributed by atoms with Crippen LogP contribution in [0, 0.1) is 5.41 Å². The van der Waals surface area contributed by atoms with Crippen LogP contribution in [-0.2, 0) is 23.7 Å². The monoisotopic (exact) mass is 341 g/mol. The van der Waals surface area contributed by atoms with E-state index in [2.05, 4.69) is 4.90 Å². The van der Waals surface area contributed by atoms with E-state index < -0.39 is 11.4 Å². The second-order valence-electron chi connectivity index (χ2n) is 6.17. The Bertz CT molecular complexity index is 475. The largest absolute Gasteiger partial charge is 0.492 e. The molecule has 2 rings (SSSR count). The summed E-state index contributed by atoms with van der Waals surface area (Å²) in [4.78, 5) is 13.9. The smallest absolute Gasteiger partial charge is 0.339 e. The van der Waals surface area contributed by atoms with Crippen LogP contribution < -0.4 is 0 Å². The summed E-state index contributed by atoms with van der Waals surface area (Å²) in [5.41, 5.74) is -0.286. The molecular formula is C17H27NO6. The molecule has 0 atom stereocenters. The Labute approximate surface area is 142 Å². The third-order valence-electron chi connectivity index (χ3n) is 4.27. The van der Waals surface area contributed by atoms with Gasteiger partial charge in [0.05, 0.1) is 32.0 Å². The average Bonchev–Trinajstić information content (AvgIpc) is 2.57. The van der Waals surface area contributed by atoms with Gasteiger partial charge in [0.2, 0.25) is 0 Å². The van der Waals surface area contributed by atoms with Gasteiger partial charge >= 0.3 is 5.97 Å². The van der Waals surface area contributed by atoms with Crippen molar-refractivity contribution in [3.05, 3.63) is 23.5 Å². The molecule has 1 fully saturated rings. The maximum absolute atomic E-state index is 11.6. The molecule has 1 N–H and O–H groups in total. The number of nitrogens with zero attached hydrogens (tertiary/aromatic N) is 1. The minimum absolute atomic E-state index is 0.178. The van der Waals surface area contributed by atoms with Crippen molar-refractivity contribution >= 4 is 5.97 Å². The highest BCUT2D eigenvalue weighted by Gasteiger charge is 2.34. The second kappa shape index (κ2) is 9.17. The lowest BCUT2D eigenvalue weighted by molar-refractivity contribution is -0.132. The number of allylic oxidation sites excluding steroid dienone is 1. The van der Waals surface area contributed by atoms with Crippen LogP contribution in [0.5, 0.6) is 0 Å². The number of morpholine rings is 1. The third-order valence-corrected chi connectivity index (χ3v) is 4.27. The predicted molar refractivity (Wildman–Crippen MR) is 87.8 cm³/mol. The number of carbonyl (C=O) groups is 1. The molecule has 0 spiro atoms. The first-order valence-corrected chi connectivity index (χ1v) is 8.18. The van der Waals surface area contributed by atoms with E-state index in [0.717, 1.165) is 32.8 Å². The molecule has 0 aromatic heterocycles. The molecule has 24 heavy (non-hydrogen) atoms. The number of ether oxygens (including phenoxy) is 4. The summed E-state index contributed by atoms with van der Waals surface area (Å²) in [6, 6.07) is 0. The number of methoxy groups -OCH3 is 2. The molecular weight excluding hydrogens is 314 g/mol. The van der Waals surface area contributed by atoms with Crippen LogP contribution in [0.25, 0.3) is 0 Å². The molecule has 1 saturated heterocycles. The van der Waals surface area contributed by atoms with Crippen molar-refractivity contribution < 1.29 is 28.8 Å². The van der Waals surface area contributed by atoms with Gasteiger partial charge in [0.15, 0.2) is 0 Å². The van der Waals surface area contributed by atoms with Crippen LogP contribution in [0.3, 0.4) is 0 Å². The van der Waals surface area contributed by atoms with Crippen LogP contribution in [-0.4, -0.2) is 82.9 Å². The molecule has 136 valence electrons. The maximum Gasteiger partial charge on any atom is 0.339 e. The van der Waals surface area contributed by atoms with Crippen molar-refractivity contribution in [2.75, 3.05) is 66.9 Å². The molecule has 7 nitrogen and oxygen atoms in total. The van der Waals surface area contributed by atoms with Crippen molar-refractivity contribution in [2.24, 2.45) is 5.41 Å². The Morgan fingerprint density at radius 3 is 2.54 bits per heavy atom. The first-order valence-electron chi connectivity index (χ1n) is 8.18. The van der Waals surface area contributed by atoms with Crippen LogP contribution in [0.15, 0.2) is 23.5 Å². The van der Waals surface area contributed by atoms with E-state index in [1.54, 1.807) is 20.3 Å². The summed E-state index contributed by atoms with van der Waals surface area (Å²) in [5.74, 6) is -0.567. The fraction of sp³-hybridized carbons (Fsp3) is 0.706. The molecule has 1 aliphatic carbocycles. The number of hydrogen-bond acceptors (Lipinski definition) is 6. The zero-order valence-corrected chi connectivity index (χ0v) is 14.5. The minimum Gasteiger partial charge on any atom is -0.492 e. The van der Waals surface area contributed by atoms with Gasteiger partial charge in [0, 0.05) is 39.3 Å². The first kappa shape index (κ1) is 18.9. The van der Waals surface area contributed by atoms with Crippen LogP contribution >= 0.6 is 0 Å². The fourth-order valence-electron chi connectivity index (χ4n) is 3.07. The Hall–Kier alpha value is -1.41. The molecule has 0 radical (unpaired) electrons. The maximum atomic E-state index is 11.6. The SMILES string of the molecule is COCC1(COC)C=C(C(=O)O)C(OCCN2CCOCC2)=CC1. The summed E-state index contributed by atoms with van der Waals surface area (Å²) in [5, 5.41) is 9.53. The van der Waals surface area contributed by atoms with Crippen molar-refractivity contribution in [3.63, 3.8) is 0 Å². The predicted octanol–water partition coefficient (Wildman–Crippen LogP) is 0.913. The summed E-state index contributed by atoms with van der Waals surface area (Å²) in [7, 11) is 3.20. The first-order chi connectivity index (χ1) is 11.6. The topological polar surface area (TPSA) is 77.5 Å². The Morgan fingerprint density at radius 2 is 1.96 bits per heavy atom. The molecule has 0 aromatic carbocycles. The number of carboxylic acid groups (broad SMARTS) is 1. The van der Waals surface area contributed by atoms with E-state index in [-0.39, 0.29) is 5.57 Å². The third kappa shape index (κ3) is 5.04. The van der Waals surface area contributed by atoms with Gasteiger partial charge in [0.25, 0.3) is 0 Å².